The molecule has 1 spiro atoms. The van der Waals surface area contributed by atoms with Crippen molar-refractivity contribution in [1.82, 2.24) is 9.80 Å². The summed E-state index contributed by atoms with van der Waals surface area (Å²) in [4.78, 5) is 29.3. The average molecular weight is 398 g/mol. The van der Waals surface area contributed by atoms with Crippen LogP contribution in [0.5, 0.6) is 11.5 Å². The van der Waals surface area contributed by atoms with Crippen molar-refractivity contribution in [2.45, 2.75) is 25.8 Å². The van der Waals surface area contributed by atoms with Crippen LogP contribution in [0.15, 0.2) is 42.5 Å². The maximum Gasteiger partial charge on any atom is 0.261 e. The van der Waals surface area contributed by atoms with Crippen molar-refractivity contribution in [2.24, 2.45) is 5.41 Å². The number of nitrogens with zero attached hydrogens (tertiary/aromatic N) is 2. The van der Waals surface area contributed by atoms with Gasteiger partial charge in [-0.05, 0) is 37.5 Å². The van der Waals surface area contributed by atoms with Gasteiger partial charge in [-0.15, -0.1) is 0 Å². The van der Waals surface area contributed by atoms with Crippen LogP contribution in [0.1, 0.15) is 35.2 Å². The number of piperidine rings is 1. The third-order valence-corrected chi connectivity index (χ3v) is 6.02. The van der Waals surface area contributed by atoms with Gasteiger partial charge in [0.15, 0.2) is 0 Å². The van der Waals surface area contributed by atoms with E-state index in [1.807, 2.05) is 0 Å². The Hall–Kier alpha value is -3.09. The van der Waals surface area contributed by atoms with Gasteiger partial charge in [0.1, 0.15) is 22.9 Å². The van der Waals surface area contributed by atoms with Gasteiger partial charge in [0.25, 0.3) is 5.91 Å². The van der Waals surface area contributed by atoms with Gasteiger partial charge in [-0.1, -0.05) is 24.3 Å². The van der Waals surface area contributed by atoms with E-state index in [2.05, 4.69) is 0 Å². The summed E-state index contributed by atoms with van der Waals surface area (Å²) in [5.41, 5.74) is -0.363. The number of halogens is 1. The molecule has 7 heteroatoms. The quantitative estimate of drug-likeness (QED) is 0.833. The number of rotatable bonds is 3. The van der Waals surface area contributed by atoms with Crippen LogP contribution >= 0.6 is 0 Å². The van der Waals surface area contributed by atoms with Gasteiger partial charge in [0.05, 0.1) is 5.41 Å². The van der Waals surface area contributed by atoms with Crippen LogP contribution in [0.4, 0.5) is 4.39 Å². The number of phenols is 2. The number of carbonyl (C=O) groups is 2. The molecule has 0 saturated carbocycles. The van der Waals surface area contributed by atoms with Crippen LogP contribution < -0.4 is 0 Å². The standard InChI is InChI=1S/C22H23FN2O4/c23-16-6-2-1-5-15(16)13-24-11-4-9-22(21(24)29)10-12-25(14-22)20(28)19-17(26)7-3-8-18(19)27/h1-3,5-8,26-27H,4,9-14H2/t22-/m0/s1. The molecule has 0 aliphatic carbocycles. The van der Waals surface area contributed by atoms with E-state index in [9.17, 15) is 24.2 Å². The number of aromatic hydroxyl groups is 2. The van der Waals surface area contributed by atoms with Crippen molar-refractivity contribution < 1.29 is 24.2 Å². The first-order chi connectivity index (χ1) is 13.9. The molecule has 2 saturated heterocycles. The zero-order chi connectivity index (χ0) is 20.6. The molecule has 2 aromatic rings. The Morgan fingerprint density at radius 1 is 1.03 bits per heavy atom. The number of benzene rings is 2. The highest BCUT2D eigenvalue weighted by Gasteiger charge is 2.49. The first-order valence-corrected chi connectivity index (χ1v) is 9.74. The number of carbonyl (C=O) groups excluding carboxylic acids is 2. The highest BCUT2D eigenvalue weighted by atomic mass is 19.1. The molecule has 4 rings (SSSR count). The molecule has 1 atom stereocenters. The third kappa shape index (κ3) is 3.41. The van der Waals surface area contributed by atoms with Crippen LogP contribution in [0.3, 0.4) is 0 Å². The van der Waals surface area contributed by atoms with Gasteiger partial charge in [0.2, 0.25) is 5.91 Å². The molecule has 2 aliphatic heterocycles. The topological polar surface area (TPSA) is 81.1 Å². The Labute approximate surface area is 168 Å². The van der Waals surface area contributed by atoms with Gasteiger partial charge in [-0.25, -0.2) is 4.39 Å². The average Bonchev–Trinajstić information content (AvgIpc) is 3.12. The highest BCUT2D eigenvalue weighted by Crippen LogP contribution is 2.42. The number of amides is 2. The Morgan fingerprint density at radius 2 is 1.76 bits per heavy atom. The molecule has 0 unspecified atom stereocenters. The van der Waals surface area contributed by atoms with Crippen molar-refractivity contribution in [3.8, 4) is 11.5 Å². The monoisotopic (exact) mass is 398 g/mol. The number of hydrogen-bond donors (Lipinski definition) is 2. The lowest BCUT2D eigenvalue weighted by Crippen LogP contribution is -2.50. The molecule has 0 aromatic heterocycles. The molecule has 0 radical (unpaired) electrons. The second-order valence-electron chi connectivity index (χ2n) is 7.85. The summed E-state index contributed by atoms with van der Waals surface area (Å²) >= 11 is 0. The SMILES string of the molecule is O=C(c1c(O)cccc1O)N1CC[C@@]2(CCCN(Cc3ccccc3F)C2=O)C1. The zero-order valence-electron chi connectivity index (χ0n) is 16.0. The molecule has 2 N–H and O–H groups in total. The Morgan fingerprint density at radius 3 is 2.48 bits per heavy atom. The highest BCUT2D eigenvalue weighted by molar-refractivity contribution is 6.00. The molecule has 6 nitrogen and oxygen atoms in total. The molecule has 2 aromatic carbocycles. The summed E-state index contributed by atoms with van der Waals surface area (Å²) in [6.07, 6.45) is 1.96. The van der Waals surface area contributed by atoms with Crippen LogP contribution in [-0.2, 0) is 11.3 Å². The van der Waals surface area contributed by atoms with Crippen molar-refractivity contribution >= 4 is 11.8 Å². The van der Waals surface area contributed by atoms with Gasteiger partial charge < -0.3 is 20.0 Å². The van der Waals surface area contributed by atoms with E-state index >= 15 is 0 Å². The Kier molecular flexibility index (Phi) is 4.90. The van der Waals surface area contributed by atoms with Crippen LogP contribution in [0.2, 0.25) is 0 Å². The van der Waals surface area contributed by atoms with E-state index < -0.39 is 11.3 Å². The number of hydrogen-bond acceptors (Lipinski definition) is 4. The van der Waals surface area contributed by atoms with E-state index in [0.29, 0.717) is 31.5 Å². The number of phenolic OH excluding ortho intramolecular Hbond substituents is 2. The lowest BCUT2D eigenvalue weighted by Gasteiger charge is -2.39. The smallest absolute Gasteiger partial charge is 0.261 e. The van der Waals surface area contributed by atoms with Gasteiger partial charge in [0, 0.05) is 31.7 Å². The molecule has 152 valence electrons. The van der Waals surface area contributed by atoms with Crippen molar-refractivity contribution in [2.75, 3.05) is 19.6 Å². The minimum Gasteiger partial charge on any atom is -0.507 e. The van der Waals surface area contributed by atoms with E-state index in [1.165, 1.54) is 29.2 Å². The van der Waals surface area contributed by atoms with Gasteiger partial charge >= 0.3 is 0 Å². The fraction of sp³-hybridized carbons (Fsp3) is 0.364. The second kappa shape index (κ2) is 7.39. The molecule has 2 amide bonds. The first kappa shape index (κ1) is 19.2. The van der Waals surface area contributed by atoms with Gasteiger partial charge in [-0.3, -0.25) is 9.59 Å². The van der Waals surface area contributed by atoms with E-state index in [4.69, 9.17) is 0 Å². The predicted molar refractivity (Wildman–Crippen MR) is 104 cm³/mol. The summed E-state index contributed by atoms with van der Waals surface area (Å²) in [5, 5.41) is 20.0. The fourth-order valence-electron chi connectivity index (χ4n) is 4.47. The summed E-state index contributed by atoms with van der Waals surface area (Å²) in [5.74, 6) is -1.46. The van der Waals surface area contributed by atoms with E-state index in [-0.39, 0.29) is 41.9 Å². The van der Waals surface area contributed by atoms with Crippen LogP contribution in [0, 0.1) is 11.2 Å². The summed E-state index contributed by atoms with van der Waals surface area (Å²) < 4.78 is 14.0. The van der Waals surface area contributed by atoms with Crippen molar-refractivity contribution in [3.63, 3.8) is 0 Å². The lowest BCUT2D eigenvalue weighted by atomic mass is 9.78. The minimum absolute atomic E-state index is 0.0659. The molecular formula is C22H23FN2O4. The maximum absolute atomic E-state index is 14.0. The summed E-state index contributed by atoms with van der Waals surface area (Å²) in [7, 11) is 0. The predicted octanol–water partition coefficient (Wildman–Crippen LogP) is 2.89. The Bertz CT molecular complexity index is 943. The van der Waals surface area contributed by atoms with Crippen molar-refractivity contribution in [1.29, 1.82) is 0 Å². The Balaban J connectivity index is 1.52. The molecule has 29 heavy (non-hydrogen) atoms. The van der Waals surface area contributed by atoms with Crippen molar-refractivity contribution in [3.05, 3.63) is 59.4 Å². The molecular weight excluding hydrogens is 375 g/mol. The van der Waals surface area contributed by atoms with Crippen LogP contribution in [0.25, 0.3) is 0 Å². The molecule has 2 aliphatic rings. The summed E-state index contributed by atoms with van der Waals surface area (Å²) in [6, 6.07) is 10.6. The summed E-state index contributed by atoms with van der Waals surface area (Å²) in [6.45, 7) is 1.36. The normalized spacial score (nSPS) is 21.8. The first-order valence-electron chi connectivity index (χ1n) is 9.74. The number of likely N-dealkylation sites (tertiary alicyclic amines) is 2. The van der Waals surface area contributed by atoms with E-state index in [1.54, 1.807) is 23.1 Å². The lowest BCUT2D eigenvalue weighted by molar-refractivity contribution is -0.146. The molecule has 2 fully saturated rings. The second-order valence-corrected chi connectivity index (χ2v) is 7.85. The third-order valence-electron chi connectivity index (χ3n) is 6.02. The zero-order valence-corrected chi connectivity index (χ0v) is 16.0. The fourth-order valence-corrected chi connectivity index (χ4v) is 4.47. The molecule has 0 bridgehead atoms. The van der Waals surface area contributed by atoms with Gasteiger partial charge in [-0.2, -0.15) is 0 Å². The maximum atomic E-state index is 14.0. The minimum atomic E-state index is -0.695. The molecule has 2 heterocycles. The largest absolute Gasteiger partial charge is 0.507 e. The van der Waals surface area contributed by atoms with E-state index in [0.717, 1.165) is 6.42 Å². The van der Waals surface area contributed by atoms with Crippen LogP contribution in [-0.4, -0.2) is 51.5 Å².